The van der Waals surface area contributed by atoms with Crippen LogP contribution in [0, 0.1) is 11.8 Å². The number of hydrogen-bond acceptors (Lipinski definition) is 5. The molecular weight excluding hydrogens is 228 g/mol. The minimum absolute atomic E-state index is 0.677. The van der Waals surface area contributed by atoms with Crippen LogP contribution in [0.4, 0.5) is 11.6 Å². The van der Waals surface area contributed by atoms with Crippen LogP contribution in [0.1, 0.15) is 20.3 Å². The summed E-state index contributed by atoms with van der Waals surface area (Å²) in [6.07, 6.45) is 2.79. The van der Waals surface area contributed by atoms with E-state index in [4.69, 9.17) is 4.74 Å². The van der Waals surface area contributed by atoms with Gasteiger partial charge in [0.1, 0.15) is 6.33 Å². The van der Waals surface area contributed by atoms with Crippen molar-refractivity contribution in [3.63, 3.8) is 0 Å². The molecule has 2 atom stereocenters. The quantitative estimate of drug-likeness (QED) is 0.889. The number of aromatic nitrogens is 2. The van der Waals surface area contributed by atoms with E-state index >= 15 is 0 Å². The molecule has 1 fully saturated rings. The summed E-state index contributed by atoms with van der Waals surface area (Å²) in [7, 11) is 3.51. The lowest BCUT2D eigenvalue weighted by Crippen LogP contribution is -2.39. The molecule has 0 bridgehead atoms. The SMILES string of the molecule is CNc1ncnc(N2CCC(C)C(C)C2)c1OC. The molecule has 2 rings (SSSR count). The largest absolute Gasteiger partial charge is 0.490 e. The maximum atomic E-state index is 5.45. The first-order valence-electron chi connectivity index (χ1n) is 6.49. The Morgan fingerprint density at radius 1 is 1.33 bits per heavy atom. The van der Waals surface area contributed by atoms with Crippen molar-refractivity contribution >= 4 is 11.6 Å². The van der Waals surface area contributed by atoms with Crippen LogP contribution in [0.15, 0.2) is 6.33 Å². The Morgan fingerprint density at radius 2 is 2.11 bits per heavy atom. The lowest BCUT2D eigenvalue weighted by Gasteiger charge is -2.36. The van der Waals surface area contributed by atoms with Crippen LogP contribution in [0.2, 0.25) is 0 Å². The highest BCUT2D eigenvalue weighted by atomic mass is 16.5. The molecule has 1 N–H and O–H groups in total. The topological polar surface area (TPSA) is 50.3 Å². The second kappa shape index (κ2) is 5.42. The molecule has 5 nitrogen and oxygen atoms in total. The molecule has 2 unspecified atom stereocenters. The van der Waals surface area contributed by atoms with Gasteiger partial charge in [-0.2, -0.15) is 0 Å². The van der Waals surface area contributed by atoms with Crippen LogP contribution in [0.3, 0.4) is 0 Å². The van der Waals surface area contributed by atoms with Crippen molar-refractivity contribution in [2.75, 3.05) is 37.5 Å². The molecule has 100 valence electrons. The smallest absolute Gasteiger partial charge is 0.204 e. The zero-order valence-electron chi connectivity index (χ0n) is 11.6. The number of ether oxygens (including phenoxy) is 1. The summed E-state index contributed by atoms with van der Waals surface area (Å²) in [5, 5.41) is 3.04. The van der Waals surface area contributed by atoms with E-state index in [1.165, 1.54) is 6.42 Å². The summed E-state index contributed by atoms with van der Waals surface area (Å²) in [5.41, 5.74) is 0. The van der Waals surface area contributed by atoms with Gasteiger partial charge in [0.15, 0.2) is 11.6 Å². The Balaban J connectivity index is 2.28. The standard InChI is InChI=1S/C13H22N4O/c1-9-5-6-17(7-10(9)2)13-11(18-4)12(14-3)15-8-16-13/h8-10H,5-7H2,1-4H3,(H,14,15,16). The lowest BCUT2D eigenvalue weighted by molar-refractivity contribution is 0.319. The number of anilines is 2. The monoisotopic (exact) mass is 250 g/mol. The van der Waals surface area contributed by atoms with E-state index in [1.54, 1.807) is 13.4 Å². The number of nitrogens with zero attached hydrogens (tertiary/aromatic N) is 3. The molecule has 2 heterocycles. The number of methoxy groups -OCH3 is 1. The third-order valence-electron chi connectivity index (χ3n) is 3.86. The molecule has 1 saturated heterocycles. The van der Waals surface area contributed by atoms with Gasteiger partial charge in [0.05, 0.1) is 7.11 Å². The van der Waals surface area contributed by atoms with Gasteiger partial charge in [-0.3, -0.25) is 0 Å². The minimum Gasteiger partial charge on any atom is -0.490 e. The second-order valence-electron chi connectivity index (χ2n) is 5.02. The van der Waals surface area contributed by atoms with Gasteiger partial charge in [0.25, 0.3) is 0 Å². The second-order valence-corrected chi connectivity index (χ2v) is 5.02. The molecular formula is C13H22N4O. The van der Waals surface area contributed by atoms with Crippen molar-refractivity contribution in [3.8, 4) is 5.75 Å². The Kier molecular flexibility index (Phi) is 3.89. The molecule has 1 aromatic heterocycles. The lowest BCUT2D eigenvalue weighted by atomic mass is 9.89. The van der Waals surface area contributed by atoms with Crippen LogP contribution in [-0.4, -0.2) is 37.2 Å². The Labute approximate surface area is 109 Å². The average Bonchev–Trinajstić information content (AvgIpc) is 2.40. The van der Waals surface area contributed by atoms with Crippen LogP contribution in [0.25, 0.3) is 0 Å². The first kappa shape index (κ1) is 12.9. The predicted octanol–water partition coefficient (Wildman–Crippen LogP) is 2.01. The Hall–Kier alpha value is -1.52. The van der Waals surface area contributed by atoms with Crippen molar-refractivity contribution in [3.05, 3.63) is 6.33 Å². The van der Waals surface area contributed by atoms with Crippen molar-refractivity contribution in [1.82, 2.24) is 9.97 Å². The van der Waals surface area contributed by atoms with Gasteiger partial charge in [-0.05, 0) is 18.3 Å². The van der Waals surface area contributed by atoms with E-state index < -0.39 is 0 Å². The average molecular weight is 250 g/mol. The van der Waals surface area contributed by atoms with Gasteiger partial charge in [0, 0.05) is 20.1 Å². The van der Waals surface area contributed by atoms with E-state index in [0.29, 0.717) is 5.92 Å². The van der Waals surface area contributed by atoms with Gasteiger partial charge in [0.2, 0.25) is 5.75 Å². The summed E-state index contributed by atoms with van der Waals surface area (Å²) in [5.74, 6) is 3.83. The molecule has 1 aliphatic heterocycles. The molecule has 0 spiro atoms. The zero-order valence-corrected chi connectivity index (χ0v) is 11.6. The highest BCUT2D eigenvalue weighted by molar-refractivity contribution is 5.64. The zero-order chi connectivity index (χ0) is 13.1. The summed E-state index contributed by atoms with van der Waals surface area (Å²) in [6.45, 7) is 6.67. The van der Waals surface area contributed by atoms with E-state index in [1.807, 2.05) is 7.05 Å². The van der Waals surface area contributed by atoms with Gasteiger partial charge >= 0.3 is 0 Å². The molecule has 0 amide bonds. The van der Waals surface area contributed by atoms with Crippen molar-refractivity contribution < 1.29 is 4.74 Å². The molecule has 5 heteroatoms. The highest BCUT2D eigenvalue weighted by Gasteiger charge is 2.26. The van der Waals surface area contributed by atoms with Crippen molar-refractivity contribution in [1.29, 1.82) is 0 Å². The molecule has 1 aromatic rings. The molecule has 0 radical (unpaired) electrons. The molecule has 18 heavy (non-hydrogen) atoms. The number of hydrogen-bond donors (Lipinski definition) is 1. The summed E-state index contributed by atoms with van der Waals surface area (Å²) < 4.78 is 5.45. The Morgan fingerprint density at radius 3 is 2.72 bits per heavy atom. The fourth-order valence-electron chi connectivity index (χ4n) is 2.41. The van der Waals surface area contributed by atoms with E-state index in [2.05, 4.69) is 34.0 Å². The summed E-state index contributed by atoms with van der Waals surface area (Å²) in [6, 6.07) is 0. The summed E-state index contributed by atoms with van der Waals surface area (Å²) >= 11 is 0. The third-order valence-corrected chi connectivity index (χ3v) is 3.86. The predicted molar refractivity (Wildman–Crippen MR) is 73.3 cm³/mol. The number of rotatable bonds is 3. The first-order valence-corrected chi connectivity index (χ1v) is 6.49. The maximum Gasteiger partial charge on any atom is 0.204 e. The molecule has 0 aliphatic carbocycles. The molecule has 0 saturated carbocycles. The highest BCUT2D eigenvalue weighted by Crippen LogP contribution is 2.34. The van der Waals surface area contributed by atoms with Crippen molar-refractivity contribution in [2.45, 2.75) is 20.3 Å². The minimum atomic E-state index is 0.677. The van der Waals surface area contributed by atoms with Gasteiger partial charge in [-0.25, -0.2) is 9.97 Å². The van der Waals surface area contributed by atoms with Crippen LogP contribution >= 0.6 is 0 Å². The first-order chi connectivity index (χ1) is 8.67. The fourth-order valence-corrected chi connectivity index (χ4v) is 2.41. The van der Waals surface area contributed by atoms with Crippen LogP contribution in [0.5, 0.6) is 5.75 Å². The van der Waals surface area contributed by atoms with Crippen LogP contribution in [-0.2, 0) is 0 Å². The normalized spacial score (nSPS) is 23.9. The third kappa shape index (κ3) is 2.35. The van der Waals surface area contributed by atoms with E-state index in [0.717, 1.165) is 36.4 Å². The molecule has 0 aromatic carbocycles. The van der Waals surface area contributed by atoms with Gasteiger partial charge in [-0.1, -0.05) is 13.8 Å². The maximum absolute atomic E-state index is 5.45. The van der Waals surface area contributed by atoms with Crippen molar-refractivity contribution in [2.24, 2.45) is 11.8 Å². The molecule has 1 aliphatic rings. The van der Waals surface area contributed by atoms with E-state index in [-0.39, 0.29) is 0 Å². The number of nitrogens with one attached hydrogen (secondary N) is 1. The summed E-state index contributed by atoms with van der Waals surface area (Å²) in [4.78, 5) is 10.9. The van der Waals surface area contributed by atoms with Crippen LogP contribution < -0.4 is 15.0 Å². The Bertz CT molecular complexity index is 410. The van der Waals surface area contributed by atoms with Gasteiger partial charge in [-0.15, -0.1) is 0 Å². The fraction of sp³-hybridized carbons (Fsp3) is 0.692. The van der Waals surface area contributed by atoms with E-state index in [9.17, 15) is 0 Å². The number of piperidine rings is 1. The van der Waals surface area contributed by atoms with Gasteiger partial charge < -0.3 is 15.0 Å².